The van der Waals surface area contributed by atoms with Crippen molar-refractivity contribution in [2.45, 2.75) is 13.2 Å². The van der Waals surface area contributed by atoms with E-state index < -0.39 is 24.7 Å². The Labute approximate surface area is 98.0 Å². The number of ketones is 1. The minimum absolute atomic E-state index is 0.113. The molecule has 1 amide bonds. The Hall–Kier alpha value is -1.92. The average molecular weight is 239 g/mol. The van der Waals surface area contributed by atoms with Crippen LogP contribution in [0.4, 0.5) is 4.79 Å². The number of carbonyl (C=O) groups is 2. The first-order valence-electron chi connectivity index (χ1n) is 4.94. The first-order chi connectivity index (χ1) is 8.00. The van der Waals surface area contributed by atoms with Crippen LogP contribution in [0, 0.1) is 0 Å². The van der Waals surface area contributed by atoms with Crippen molar-refractivity contribution in [3.63, 3.8) is 0 Å². The summed E-state index contributed by atoms with van der Waals surface area (Å²) < 4.78 is 4.29. The molecule has 0 heterocycles. The van der Waals surface area contributed by atoms with Crippen LogP contribution >= 0.6 is 0 Å². The molecule has 0 fully saturated rings. The monoisotopic (exact) mass is 239 g/mol. The molecule has 17 heavy (non-hydrogen) atoms. The summed E-state index contributed by atoms with van der Waals surface area (Å²) in [5, 5.41) is 18.1. The summed E-state index contributed by atoms with van der Waals surface area (Å²) in [6.45, 7) is 0.681. The first kappa shape index (κ1) is 13.1. The van der Waals surface area contributed by atoms with E-state index in [0.717, 1.165) is 0 Å². The molecule has 1 rings (SSSR count). The summed E-state index contributed by atoms with van der Waals surface area (Å²) in [6, 6.07) is 8.22. The van der Waals surface area contributed by atoms with Crippen LogP contribution in [-0.2, 0) is 4.74 Å². The van der Waals surface area contributed by atoms with E-state index >= 15 is 0 Å². The Morgan fingerprint density at radius 3 is 2.47 bits per heavy atom. The lowest BCUT2D eigenvalue weighted by molar-refractivity contribution is -0.111. The van der Waals surface area contributed by atoms with Gasteiger partial charge in [-0.05, 0) is 6.92 Å². The molecular weight excluding hydrogens is 226 g/mol. The maximum absolute atomic E-state index is 11.6. The topological polar surface area (TPSA) is 87.1 Å². The zero-order chi connectivity index (χ0) is 12.8. The molecule has 0 aliphatic carbocycles. The van der Waals surface area contributed by atoms with E-state index in [1.54, 1.807) is 30.3 Å². The number of nitrogens with zero attached hydrogens (tertiary/aromatic N) is 1. The van der Waals surface area contributed by atoms with Crippen LogP contribution in [0.25, 0.3) is 0 Å². The van der Waals surface area contributed by atoms with Crippen LogP contribution < -0.4 is 0 Å². The lowest BCUT2D eigenvalue weighted by Gasteiger charge is -2.15. The third-order valence-electron chi connectivity index (χ3n) is 1.87. The van der Waals surface area contributed by atoms with Gasteiger partial charge in [-0.25, -0.2) is 4.79 Å². The second-order valence-electron chi connectivity index (χ2n) is 3.33. The van der Waals surface area contributed by atoms with Crippen molar-refractivity contribution in [1.29, 1.82) is 0 Å². The maximum atomic E-state index is 11.6. The molecule has 0 saturated carbocycles. The van der Waals surface area contributed by atoms with Crippen molar-refractivity contribution < 1.29 is 24.6 Å². The fourth-order valence-electron chi connectivity index (χ4n) is 1.12. The molecule has 1 atom stereocenters. The minimum Gasteiger partial charge on any atom is -0.418 e. The van der Waals surface area contributed by atoms with Gasteiger partial charge in [0.25, 0.3) is 0 Å². The number of aliphatic hydroxyl groups excluding tert-OH is 1. The molecule has 1 aromatic rings. The standard InChI is InChI=1S/C11H13NO5/c1-8(13)17-11(15)12(16)7-10(14)9-5-3-2-4-6-9/h2-6,8,13,16H,7H2,1H3. The number of hydroxylamine groups is 2. The molecule has 1 unspecified atom stereocenters. The Bertz CT molecular complexity index is 390. The SMILES string of the molecule is CC(O)OC(=O)N(O)CC(=O)c1ccccc1. The predicted molar refractivity (Wildman–Crippen MR) is 57.4 cm³/mol. The zero-order valence-electron chi connectivity index (χ0n) is 9.24. The van der Waals surface area contributed by atoms with E-state index in [9.17, 15) is 14.8 Å². The van der Waals surface area contributed by atoms with Gasteiger partial charge in [-0.3, -0.25) is 10.0 Å². The minimum atomic E-state index is -1.34. The largest absolute Gasteiger partial charge is 0.436 e. The third kappa shape index (κ3) is 4.21. The molecule has 92 valence electrons. The Morgan fingerprint density at radius 2 is 1.94 bits per heavy atom. The number of ether oxygens (including phenoxy) is 1. The molecule has 0 aliphatic rings. The van der Waals surface area contributed by atoms with Gasteiger partial charge < -0.3 is 9.84 Å². The predicted octanol–water partition coefficient (Wildman–Crippen LogP) is 1.04. The van der Waals surface area contributed by atoms with Crippen LogP contribution in [0.3, 0.4) is 0 Å². The normalized spacial score (nSPS) is 11.7. The van der Waals surface area contributed by atoms with Gasteiger partial charge in [0.1, 0.15) is 6.54 Å². The lowest BCUT2D eigenvalue weighted by atomic mass is 10.1. The van der Waals surface area contributed by atoms with Crippen molar-refractivity contribution >= 4 is 11.9 Å². The summed E-state index contributed by atoms with van der Waals surface area (Å²) in [5.74, 6) is -0.435. The summed E-state index contributed by atoms with van der Waals surface area (Å²) in [6.07, 6.45) is -2.52. The Balaban J connectivity index is 2.55. The molecule has 1 aromatic carbocycles. The van der Waals surface area contributed by atoms with Gasteiger partial charge >= 0.3 is 6.09 Å². The molecule has 0 bridgehead atoms. The van der Waals surface area contributed by atoms with Crippen molar-refractivity contribution in [1.82, 2.24) is 5.06 Å². The highest BCUT2D eigenvalue weighted by Gasteiger charge is 2.18. The van der Waals surface area contributed by atoms with E-state index in [1.807, 2.05) is 0 Å². The molecule has 0 aliphatic heterocycles. The van der Waals surface area contributed by atoms with Crippen LogP contribution in [0.15, 0.2) is 30.3 Å². The highest BCUT2D eigenvalue weighted by molar-refractivity contribution is 5.98. The maximum Gasteiger partial charge on any atom is 0.436 e. The first-order valence-corrected chi connectivity index (χ1v) is 4.94. The van der Waals surface area contributed by atoms with Gasteiger partial charge in [0, 0.05) is 5.56 Å². The number of hydrogen-bond donors (Lipinski definition) is 2. The summed E-state index contributed by atoms with van der Waals surface area (Å²) in [4.78, 5) is 22.6. The molecule has 2 N–H and O–H groups in total. The number of amides is 1. The Morgan fingerprint density at radius 1 is 1.35 bits per heavy atom. The molecule has 0 aromatic heterocycles. The lowest BCUT2D eigenvalue weighted by Crippen LogP contribution is -2.35. The molecule has 6 heteroatoms. The summed E-state index contributed by atoms with van der Waals surface area (Å²) in [5.41, 5.74) is 0.372. The number of carbonyl (C=O) groups excluding carboxylic acids is 2. The van der Waals surface area contributed by atoms with E-state index in [-0.39, 0.29) is 5.06 Å². The van der Waals surface area contributed by atoms with Gasteiger partial charge in [0.15, 0.2) is 12.1 Å². The fraction of sp³-hybridized carbons (Fsp3) is 0.273. The number of Topliss-reactive ketones (excluding diaryl/α,β-unsaturated/α-hetero) is 1. The zero-order valence-corrected chi connectivity index (χ0v) is 9.24. The van der Waals surface area contributed by atoms with Gasteiger partial charge in [0.05, 0.1) is 0 Å². The summed E-state index contributed by atoms with van der Waals surface area (Å²) >= 11 is 0. The van der Waals surface area contributed by atoms with Gasteiger partial charge in [-0.2, -0.15) is 5.06 Å². The quantitative estimate of drug-likeness (QED) is 0.355. The van der Waals surface area contributed by atoms with E-state index in [0.29, 0.717) is 5.56 Å². The highest BCUT2D eigenvalue weighted by Crippen LogP contribution is 2.02. The number of rotatable bonds is 4. The van der Waals surface area contributed by atoms with E-state index in [2.05, 4.69) is 4.74 Å². The molecular formula is C11H13NO5. The number of benzene rings is 1. The van der Waals surface area contributed by atoms with Gasteiger partial charge in [-0.15, -0.1) is 0 Å². The van der Waals surface area contributed by atoms with Gasteiger partial charge in [0.2, 0.25) is 0 Å². The van der Waals surface area contributed by atoms with E-state index in [1.165, 1.54) is 6.92 Å². The van der Waals surface area contributed by atoms with Crippen LogP contribution in [0.1, 0.15) is 17.3 Å². The van der Waals surface area contributed by atoms with Crippen molar-refractivity contribution in [3.8, 4) is 0 Å². The number of hydrogen-bond acceptors (Lipinski definition) is 5. The average Bonchev–Trinajstić information content (AvgIpc) is 2.29. The van der Waals surface area contributed by atoms with Crippen molar-refractivity contribution in [3.05, 3.63) is 35.9 Å². The van der Waals surface area contributed by atoms with Crippen LogP contribution in [-0.4, -0.2) is 40.1 Å². The van der Waals surface area contributed by atoms with Crippen LogP contribution in [0.5, 0.6) is 0 Å². The molecule has 0 radical (unpaired) electrons. The Kier molecular flexibility index (Phi) is 4.62. The van der Waals surface area contributed by atoms with Crippen LogP contribution in [0.2, 0.25) is 0 Å². The van der Waals surface area contributed by atoms with Crippen molar-refractivity contribution in [2.24, 2.45) is 0 Å². The molecule has 6 nitrogen and oxygen atoms in total. The molecule has 0 spiro atoms. The van der Waals surface area contributed by atoms with Crippen molar-refractivity contribution in [2.75, 3.05) is 6.54 Å². The highest BCUT2D eigenvalue weighted by atomic mass is 16.7. The second kappa shape index (κ2) is 5.97. The smallest absolute Gasteiger partial charge is 0.418 e. The number of aliphatic hydroxyl groups is 1. The second-order valence-corrected chi connectivity index (χ2v) is 3.33. The summed E-state index contributed by atoms with van der Waals surface area (Å²) in [7, 11) is 0. The fourth-order valence-corrected chi connectivity index (χ4v) is 1.12. The third-order valence-corrected chi connectivity index (χ3v) is 1.87. The van der Waals surface area contributed by atoms with E-state index in [4.69, 9.17) is 5.11 Å². The molecule has 0 saturated heterocycles. The van der Waals surface area contributed by atoms with Gasteiger partial charge in [-0.1, -0.05) is 30.3 Å².